The Hall–Kier alpha value is -1.86. The van der Waals surface area contributed by atoms with Gasteiger partial charge in [0.25, 0.3) is 5.91 Å². The number of amides is 1. The van der Waals surface area contributed by atoms with Gasteiger partial charge in [-0.2, -0.15) is 0 Å². The van der Waals surface area contributed by atoms with Crippen molar-refractivity contribution in [2.24, 2.45) is 0 Å². The normalized spacial score (nSPS) is 16.4. The second kappa shape index (κ2) is 3.62. The quantitative estimate of drug-likeness (QED) is 0.674. The number of nitrogens with zero attached hydrogens (tertiary/aromatic N) is 3. The fourth-order valence-corrected chi connectivity index (χ4v) is 1.40. The van der Waals surface area contributed by atoms with Gasteiger partial charge in [-0.05, 0) is 0 Å². The molecule has 0 aliphatic carbocycles. The lowest BCUT2D eigenvalue weighted by molar-refractivity contribution is -0.223. The summed E-state index contributed by atoms with van der Waals surface area (Å²) in [4.78, 5) is 18.7. The third kappa shape index (κ3) is 1.77. The van der Waals surface area contributed by atoms with Gasteiger partial charge in [-0.1, -0.05) is 0 Å². The number of aromatic nitrogens is 2. The predicted octanol–water partition coefficient (Wildman–Crippen LogP) is 0.864. The second-order valence-electron chi connectivity index (χ2n) is 3.14. The number of hydrogen-bond acceptors (Lipinski definition) is 4. The van der Waals surface area contributed by atoms with Gasteiger partial charge in [0, 0.05) is 19.3 Å². The Morgan fingerprint density at radius 3 is 2.88 bits per heavy atom. The van der Waals surface area contributed by atoms with Crippen LogP contribution in [0.3, 0.4) is 0 Å². The zero-order valence-corrected chi connectivity index (χ0v) is 7.95. The highest BCUT2D eigenvalue weighted by Crippen LogP contribution is 2.26. The van der Waals surface area contributed by atoms with Crippen LogP contribution in [-0.4, -0.2) is 40.2 Å². The summed E-state index contributed by atoms with van der Waals surface area (Å²) < 4.78 is 37.5. The van der Waals surface area contributed by atoms with Gasteiger partial charge in [-0.25, -0.2) is 14.9 Å². The number of carbonyl (C=O) groups is 1. The van der Waals surface area contributed by atoms with Crippen molar-refractivity contribution in [3.8, 4) is 0 Å². The summed E-state index contributed by atoms with van der Waals surface area (Å²) >= 11 is 0. The molecule has 1 aromatic rings. The van der Waals surface area contributed by atoms with Crippen LogP contribution in [0.15, 0.2) is 12.5 Å². The molecular weight excluding hydrogens is 225 g/mol. The standard InChI is InChI=1S/C8H7F3N4O/c9-8(10,11)15-2-1-13-6-5(7(15)16)3-12-4-14-6/h3-4H,1-2H2,(H,12,13,14). The molecule has 0 saturated heterocycles. The Morgan fingerprint density at radius 1 is 1.44 bits per heavy atom. The maximum Gasteiger partial charge on any atom is 0.487 e. The highest BCUT2D eigenvalue weighted by molar-refractivity contribution is 5.99. The highest BCUT2D eigenvalue weighted by atomic mass is 19.4. The fourth-order valence-electron chi connectivity index (χ4n) is 1.40. The third-order valence-corrected chi connectivity index (χ3v) is 2.12. The molecule has 0 bridgehead atoms. The number of carbonyl (C=O) groups excluding carboxylic acids is 1. The molecule has 5 nitrogen and oxygen atoms in total. The van der Waals surface area contributed by atoms with E-state index in [1.165, 1.54) is 6.33 Å². The first kappa shape index (κ1) is 10.7. The minimum atomic E-state index is -4.68. The molecule has 86 valence electrons. The van der Waals surface area contributed by atoms with E-state index in [1.54, 1.807) is 0 Å². The summed E-state index contributed by atoms with van der Waals surface area (Å²) in [5.74, 6) is -1.00. The van der Waals surface area contributed by atoms with Gasteiger partial charge in [-0.3, -0.25) is 4.79 Å². The van der Waals surface area contributed by atoms with Crippen molar-refractivity contribution in [1.29, 1.82) is 0 Å². The van der Waals surface area contributed by atoms with Crippen LogP contribution >= 0.6 is 0 Å². The number of nitrogens with one attached hydrogen (secondary N) is 1. The monoisotopic (exact) mass is 232 g/mol. The molecule has 0 spiro atoms. The summed E-state index contributed by atoms with van der Waals surface area (Å²) in [5, 5.41) is 2.64. The smallest absolute Gasteiger partial charge is 0.368 e. The molecule has 8 heteroatoms. The zero-order chi connectivity index (χ0) is 11.8. The van der Waals surface area contributed by atoms with Gasteiger partial charge >= 0.3 is 6.30 Å². The van der Waals surface area contributed by atoms with Gasteiger partial charge < -0.3 is 5.32 Å². The van der Waals surface area contributed by atoms with Gasteiger partial charge in [0.1, 0.15) is 17.7 Å². The van der Waals surface area contributed by atoms with Gasteiger partial charge in [-0.15, -0.1) is 13.2 Å². The summed E-state index contributed by atoms with van der Waals surface area (Å²) in [6.45, 7) is -0.450. The molecule has 1 aliphatic heterocycles. The first-order valence-electron chi connectivity index (χ1n) is 4.42. The van der Waals surface area contributed by atoms with Crippen molar-refractivity contribution < 1.29 is 18.0 Å². The minimum Gasteiger partial charge on any atom is -0.368 e. The zero-order valence-electron chi connectivity index (χ0n) is 7.95. The van der Waals surface area contributed by atoms with Crippen LogP contribution in [0, 0.1) is 0 Å². The molecule has 1 N–H and O–H groups in total. The van der Waals surface area contributed by atoms with Crippen LogP contribution in [0.4, 0.5) is 19.0 Å². The van der Waals surface area contributed by atoms with E-state index in [2.05, 4.69) is 15.3 Å². The number of fused-ring (bicyclic) bond motifs is 1. The van der Waals surface area contributed by atoms with E-state index in [4.69, 9.17) is 0 Å². The Morgan fingerprint density at radius 2 is 2.19 bits per heavy atom. The van der Waals surface area contributed by atoms with E-state index in [1.807, 2.05) is 0 Å². The van der Waals surface area contributed by atoms with E-state index in [-0.39, 0.29) is 22.8 Å². The van der Waals surface area contributed by atoms with Crippen molar-refractivity contribution >= 4 is 11.7 Å². The fraction of sp³-hybridized carbons (Fsp3) is 0.375. The average Bonchev–Trinajstić information content (AvgIpc) is 2.38. The minimum absolute atomic E-state index is 0.00470. The summed E-state index contributed by atoms with van der Waals surface area (Å²) in [6.07, 6.45) is -2.44. The third-order valence-electron chi connectivity index (χ3n) is 2.12. The molecule has 0 aromatic carbocycles. The molecule has 0 radical (unpaired) electrons. The molecule has 0 unspecified atom stereocenters. The molecular formula is C8H7F3N4O. The highest BCUT2D eigenvalue weighted by Gasteiger charge is 2.42. The van der Waals surface area contributed by atoms with Crippen LogP contribution in [0.2, 0.25) is 0 Å². The van der Waals surface area contributed by atoms with Crippen LogP contribution < -0.4 is 5.32 Å². The van der Waals surface area contributed by atoms with Gasteiger partial charge in [0.2, 0.25) is 0 Å². The van der Waals surface area contributed by atoms with Gasteiger partial charge in [0.05, 0.1) is 0 Å². The van der Waals surface area contributed by atoms with Crippen LogP contribution in [0.25, 0.3) is 0 Å². The molecule has 0 fully saturated rings. The van der Waals surface area contributed by atoms with Crippen molar-refractivity contribution in [2.75, 3.05) is 18.4 Å². The van der Waals surface area contributed by atoms with Crippen LogP contribution in [0.5, 0.6) is 0 Å². The van der Waals surface area contributed by atoms with Crippen molar-refractivity contribution in [3.63, 3.8) is 0 Å². The lowest BCUT2D eigenvalue weighted by atomic mass is 10.3. The Labute approximate surface area is 88.3 Å². The number of rotatable bonds is 0. The Kier molecular flexibility index (Phi) is 2.41. The molecule has 2 rings (SSSR count). The summed E-state index contributed by atoms with van der Waals surface area (Å²) in [7, 11) is 0. The van der Waals surface area contributed by atoms with Crippen molar-refractivity contribution in [1.82, 2.24) is 14.9 Å². The van der Waals surface area contributed by atoms with Gasteiger partial charge in [0.15, 0.2) is 0 Å². The number of alkyl halides is 3. The largest absolute Gasteiger partial charge is 0.487 e. The average molecular weight is 232 g/mol. The maximum absolute atomic E-state index is 12.5. The van der Waals surface area contributed by atoms with E-state index < -0.39 is 18.8 Å². The molecule has 1 amide bonds. The van der Waals surface area contributed by atoms with E-state index in [0.29, 0.717) is 0 Å². The topological polar surface area (TPSA) is 58.1 Å². The molecule has 1 aromatic heterocycles. The lowest BCUT2D eigenvalue weighted by Gasteiger charge is -2.22. The van der Waals surface area contributed by atoms with Crippen molar-refractivity contribution in [3.05, 3.63) is 18.1 Å². The van der Waals surface area contributed by atoms with Crippen LogP contribution in [-0.2, 0) is 0 Å². The summed E-state index contributed by atoms with van der Waals surface area (Å²) in [5.41, 5.74) is -0.169. The molecule has 16 heavy (non-hydrogen) atoms. The number of anilines is 1. The molecule has 1 aliphatic rings. The number of hydrogen-bond donors (Lipinski definition) is 1. The lowest BCUT2D eigenvalue weighted by Crippen LogP contribution is -2.43. The molecule has 2 heterocycles. The first-order valence-corrected chi connectivity index (χ1v) is 4.42. The summed E-state index contributed by atoms with van der Waals surface area (Å²) in [6, 6.07) is 0. The molecule has 0 saturated carbocycles. The first-order chi connectivity index (χ1) is 7.50. The maximum atomic E-state index is 12.5. The van der Waals surface area contributed by atoms with Crippen molar-refractivity contribution in [2.45, 2.75) is 6.30 Å². The van der Waals surface area contributed by atoms with Crippen LogP contribution in [0.1, 0.15) is 10.4 Å². The molecule has 0 atom stereocenters. The van der Waals surface area contributed by atoms with E-state index >= 15 is 0 Å². The Balaban J connectivity index is 2.41. The second-order valence-corrected chi connectivity index (χ2v) is 3.14. The van der Waals surface area contributed by atoms with E-state index in [0.717, 1.165) is 6.20 Å². The SMILES string of the molecule is O=C1c2cncnc2NCCN1C(F)(F)F. The Bertz CT molecular complexity index is 420. The predicted molar refractivity (Wildman–Crippen MR) is 47.6 cm³/mol. The number of halogens is 3. The van der Waals surface area contributed by atoms with E-state index in [9.17, 15) is 18.0 Å².